The monoisotopic (exact) mass is 331 g/mol. The molecule has 4 nitrogen and oxygen atoms in total. The molecule has 0 aliphatic carbocycles. The lowest BCUT2D eigenvalue weighted by Crippen LogP contribution is -2.30. The largest absolute Gasteiger partial charge is 0.463 e. The average molecular weight is 331 g/mol. The van der Waals surface area contributed by atoms with Gasteiger partial charge in [0.25, 0.3) is 0 Å². The van der Waals surface area contributed by atoms with Crippen LogP contribution in [0.2, 0.25) is 0 Å². The molecule has 0 radical (unpaired) electrons. The van der Waals surface area contributed by atoms with E-state index in [0.29, 0.717) is 12.3 Å². The second-order valence-electron chi connectivity index (χ2n) is 6.26. The van der Waals surface area contributed by atoms with Crippen molar-refractivity contribution in [2.75, 3.05) is 7.11 Å². The number of rotatable bonds is 9. The Morgan fingerprint density at radius 1 is 1.17 bits per heavy atom. The third-order valence-electron chi connectivity index (χ3n) is 4.41. The molecule has 4 heteroatoms. The van der Waals surface area contributed by atoms with Crippen molar-refractivity contribution < 1.29 is 14.4 Å². The zero-order chi connectivity index (χ0) is 17.4. The molecule has 0 saturated heterocycles. The highest BCUT2D eigenvalue weighted by Gasteiger charge is 2.37. The maximum Gasteiger partial charge on any atom is 0.375 e. The number of carbonyl (C=O) groups is 1. The van der Waals surface area contributed by atoms with Gasteiger partial charge in [-0.05, 0) is 24.8 Å². The minimum Gasteiger partial charge on any atom is -0.463 e. The number of hydroxylamine groups is 2. The number of benzene rings is 1. The highest BCUT2D eigenvalue weighted by molar-refractivity contribution is 5.87. The van der Waals surface area contributed by atoms with Gasteiger partial charge in [0, 0.05) is 5.57 Å². The highest BCUT2D eigenvalue weighted by atomic mass is 16.7. The Bertz CT molecular complexity index is 553. The average Bonchev–Trinajstić information content (AvgIpc) is 2.93. The molecule has 1 aliphatic rings. The van der Waals surface area contributed by atoms with Crippen molar-refractivity contribution >= 4 is 5.97 Å². The van der Waals surface area contributed by atoms with Gasteiger partial charge in [-0.15, -0.1) is 5.06 Å². The molecule has 24 heavy (non-hydrogen) atoms. The van der Waals surface area contributed by atoms with E-state index in [-0.39, 0.29) is 12.0 Å². The maximum absolute atomic E-state index is 12.2. The summed E-state index contributed by atoms with van der Waals surface area (Å²) in [6.07, 6.45) is 6.33. The number of carbonyl (C=O) groups excluding carboxylic acids is 1. The standard InChI is InChI=1S/C20H29NO3/c1-4-6-8-14-17-18(11-5-2)21(24-19(17)20(22)23-3)15-16-12-9-7-10-13-16/h7,9-10,12-13,18H,4-6,8,11,14-15H2,1-3H3. The third-order valence-corrected chi connectivity index (χ3v) is 4.41. The number of esters is 1. The van der Waals surface area contributed by atoms with Gasteiger partial charge in [0.2, 0.25) is 5.76 Å². The van der Waals surface area contributed by atoms with Gasteiger partial charge in [-0.2, -0.15) is 0 Å². The van der Waals surface area contributed by atoms with E-state index in [1.807, 2.05) is 23.3 Å². The fourth-order valence-electron chi connectivity index (χ4n) is 3.17. The molecule has 132 valence electrons. The van der Waals surface area contributed by atoms with E-state index in [1.54, 1.807) is 0 Å². The Labute approximate surface area is 145 Å². The Morgan fingerprint density at radius 3 is 2.54 bits per heavy atom. The van der Waals surface area contributed by atoms with Crippen LogP contribution in [0.4, 0.5) is 0 Å². The smallest absolute Gasteiger partial charge is 0.375 e. The molecule has 1 aromatic rings. The van der Waals surface area contributed by atoms with Crippen LogP contribution in [0.3, 0.4) is 0 Å². The minimum absolute atomic E-state index is 0.154. The van der Waals surface area contributed by atoms with Crippen LogP contribution in [0.5, 0.6) is 0 Å². The fourth-order valence-corrected chi connectivity index (χ4v) is 3.17. The number of methoxy groups -OCH3 is 1. The molecule has 0 fully saturated rings. The zero-order valence-corrected chi connectivity index (χ0v) is 15.1. The molecule has 0 bridgehead atoms. The van der Waals surface area contributed by atoms with Gasteiger partial charge >= 0.3 is 5.97 Å². The summed E-state index contributed by atoms with van der Waals surface area (Å²) in [4.78, 5) is 18.1. The van der Waals surface area contributed by atoms with Crippen LogP contribution >= 0.6 is 0 Å². The summed E-state index contributed by atoms with van der Waals surface area (Å²) in [6.45, 7) is 5.02. The lowest BCUT2D eigenvalue weighted by atomic mass is 9.96. The van der Waals surface area contributed by atoms with E-state index in [1.165, 1.54) is 12.7 Å². The molecule has 0 saturated carbocycles. The van der Waals surface area contributed by atoms with E-state index in [0.717, 1.165) is 44.1 Å². The third kappa shape index (κ3) is 4.60. The van der Waals surface area contributed by atoms with Crippen molar-refractivity contribution in [2.45, 2.75) is 65.0 Å². The number of unbranched alkanes of at least 4 members (excludes halogenated alkanes) is 2. The molecule has 0 aromatic heterocycles. The van der Waals surface area contributed by atoms with E-state index in [2.05, 4.69) is 26.0 Å². The molecular formula is C20H29NO3. The van der Waals surface area contributed by atoms with Crippen molar-refractivity contribution in [3.63, 3.8) is 0 Å². The van der Waals surface area contributed by atoms with Crippen molar-refractivity contribution in [3.8, 4) is 0 Å². The number of hydrogen-bond acceptors (Lipinski definition) is 4. The van der Waals surface area contributed by atoms with Crippen molar-refractivity contribution in [1.82, 2.24) is 5.06 Å². The minimum atomic E-state index is -0.363. The zero-order valence-electron chi connectivity index (χ0n) is 15.1. The van der Waals surface area contributed by atoms with Gasteiger partial charge in [-0.1, -0.05) is 63.4 Å². The Kier molecular flexibility index (Phi) is 7.32. The molecule has 1 unspecified atom stereocenters. The van der Waals surface area contributed by atoms with E-state index < -0.39 is 0 Å². The summed E-state index contributed by atoms with van der Waals surface area (Å²) in [5.74, 6) is 0.0427. The molecule has 1 heterocycles. The summed E-state index contributed by atoms with van der Waals surface area (Å²) >= 11 is 0. The van der Waals surface area contributed by atoms with Gasteiger partial charge in [-0.25, -0.2) is 4.79 Å². The normalized spacial score (nSPS) is 17.9. The van der Waals surface area contributed by atoms with Crippen LogP contribution in [-0.4, -0.2) is 24.2 Å². The van der Waals surface area contributed by atoms with Crippen molar-refractivity contribution in [3.05, 3.63) is 47.2 Å². The first kappa shape index (κ1) is 18.5. The number of hydrogen-bond donors (Lipinski definition) is 0. The molecule has 2 rings (SSSR count). The van der Waals surface area contributed by atoms with Gasteiger partial charge in [-0.3, -0.25) is 0 Å². The summed E-state index contributed by atoms with van der Waals surface area (Å²) in [5.41, 5.74) is 2.28. The molecule has 0 amide bonds. The lowest BCUT2D eigenvalue weighted by Gasteiger charge is -2.24. The topological polar surface area (TPSA) is 38.8 Å². The van der Waals surface area contributed by atoms with Crippen LogP contribution in [0.1, 0.15) is 57.9 Å². The Balaban J connectivity index is 2.20. The van der Waals surface area contributed by atoms with Gasteiger partial charge in [0.1, 0.15) is 0 Å². The molecule has 0 N–H and O–H groups in total. The van der Waals surface area contributed by atoms with Gasteiger partial charge in [0.05, 0.1) is 19.7 Å². The van der Waals surface area contributed by atoms with Crippen LogP contribution in [-0.2, 0) is 20.9 Å². The summed E-state index contributed by atoms with van der Waals surface area (Å²) in [5, 5.41) is 1.95. The quantitative estimate of drug-likeness (QED) is 0.489. The summed E-state index contributed by atoms with van der Waals surface area (Å²) < 4.78 is 4.95. The number of nitrogens with zero attached hydrogens (tertiary/aromatic N) is 1. The van der Waals surface area contributed by atoms with Gasteiger partial charge < -0.3 is 9.57 Å². The lowest BCUT2D eigenvalue weighted by molar-refractivity contribution is -0.160. The molecule has 1 aromatic carbocycles. The van der Waals surface area contributed by atoms with E-state index in [4.69, 9.17) is 9.57 Å². The van der Waals surface area contributed by atoms with E-state index in [9.17, 15) is 4.79 Å². The predicted molar refractivity (Wildman–Crippen MR) is 95.0 cm³/mol. The summed E-state index contributed by atoms with van der Waals surface area (Å²) in [6, 6.07) is 10.4. The first-order valence-electron chi connectivity index (χ1n) is 9.01. The second-order valence-corrected chi connectivity index (χ2v) is 6.26. The SMILES string of the molecule is CCCCCC1=C(C(=O)OC)ON(Cc2ccccc2)C1CCC. The first-order valence-corrected chi connectivity index (χ1v) is 9.01. The summed E-state index contributed by atoms with van der Waals surface area (Å²) in [7, 11) is 1.41. The molecule has 1 atom stereocenters. The molecular weight excluding hydrogens is 302 g/mol. The second kappa shape index (κ2) is 9.48. The van der Waals surface area contributed by atoms with Crippen LogP contribution in [0.15, 0.2) is 41.7 Å². The van der Waals surface area contributed by atoms with Crippen molar-refractivity contribution in [2.24, 2.45) is 0 Å². The molecule has 0 spiro atoms. The van der Waals surface area contributed by atoms with E-state index >= 15 is 0 Å². The number of ether oxygens (including phenoxy) is 1. The van der Waals surface area contributed by atoms with Crippen molar-refractivity contribution in [1.29, 1.82) is 0 Å². The highest BCUT2D eigenvalue weighted by Crippen LogP contribution is 2.34. The van der Waals surface area contributed by atoms with Crippen LogP contribution in [0.25, 0.3) is 0 Å². The molecule has 1 aliphatic heterocycles. The predicted octanol–water partition coefficient (Wildman–Crippen LogP) is 4.61. The van der Waals surface area contributed by atoms with Gasteiger partial charge in [0.15, 0.2) is 0 Å². The maximum atomic E-state index is 12.2. The first-order chi connectivity index (χ1) is 11.7. The fraction of sp³-hybridized carbons (Fsp3) is 0.550. The van der Waals surface area contributed by atoms with Crippen LogP contribution in [0, 0.1) is 0 Å². The Morgan fingerprint density at radius 2 is 1.92 bits per heavy atom. The Hall–Kier alpha value is -1.81. The van der Waals surface area contributed by atoms with Crippen LogP contribution < -0.4 is 0 Å².